The number of rotatable bonds is 7. The van der Waals surface area contributed by atoms with Gasteiger partial charge in [0.15, 0.2) is 8.32 Å². The number of hydrazone groups is 1. The fourth-order valence-corrected chi connectivity index (χ4v) is 6.69. The Morgan fingerprint density at radius 2 is 1.82 bits per heavy atom. The highest BCUT2D eigenvalue weighted by atomic mass is 32.2. The molecule has 0 spiro atoms. The minimum absolute atomic E-state index is 0.00707. The topological polar surface area (TPSA) is 96.9 Å². The molecule has 1 aromatic rings. The van der Waals surface area contributed by atoms with E-state index in [4.69, 9.17) is 4.43 Å². The molecular formula is C24H39N3O4SSi. The Morgan fingerprint density at radius 3 is 2.39 bits per heavy atom. The summed E-state index contributed by atoms with van der Waals surface area (Å²) in [6, 6.07) is 6.61. The third-order valence-electron chi connectivity index (χ3n) is 7.49. The summed E-state index contributed by atoms with van der Waals surface area (Å²) in [5, 5.41) is 7.50. The molecule has 1 heterocycles. The van der Waals surface area contributed by atoms with Gasteiger partial charge in [0.25, 0.3) is 10.0 Å². The monoisotopic (exact) mass is 493 g/mol. The summed E-state index contributed by atoms with van der Waals surface area (Å²) < 4.78 is 32.0. The third kappa shape index (κ3) is 5.69. The predicted octanol–water partition coefficient (Wildman–Crippen LogP) is 4.34. The molecular weight excluding hydrogens is 454 g/mol. The molecule has 9 heteroatoms. The van der Waals surface area contributed by atoms with E-state index in [0.29, 0.717) is 0 Å². The second kappa shape index (κ2) is 9.50. The Balaban J connectivity index is 1.76. The number of sulfonamides is 1. The van der Waals surface area contributed by atoms with Gasteiger partial charge in [-0.05, 0) is 63.4 Å². The maximum Gasteiger partial charge on any atom is 0.276 e. The SMILES string of the molecule is Cc1ccc(S(=O)(=O)N/N=C2\CCCC[C@@H]2[C@H]2NC(=O)[C@@H]2[C@@H](C)O[Si](C)(C)C(C)(C)C)cc1. The van der Waals surface area contributed by atoms with Gasteiger partial charge < -0.3 is 9.74 Å². The van der Waals surface area contributed by atoms with Crippen molar-refractivity contribution in [2.75, 3.05) is 0 Å². The van der Waals surface area contributed by atoms with Crippen molar-refractivity contribution in [3.8, 4) is 0 Å². The molecule has 1 aliphatic heterocycles. The molecule has 7 nitrogen and oxygen atoms in total. The molecule has 1 saturated carbocycles. The van der Waals surface area contributed by atoms with E-state index in [0.717, 1.165) is 37.0 Å². The molecule has 0 unspecified atom stereocenters. The summed E-state index contributed by atoms with van der Waals surface area (Å²) >= 11 is 0. The zero-order valence-electron chi connectivity index (χ0n) is 20.9. The Kier molecular flexibility index (Phi) is 7.46. The standard InChI is InChI=1S/C24H39N3O4SSi/c1-16-12-14-18(15-13-16)32(29,30)27-26-20-11-9-8-10-19(20)22-21(23(28)25-22)17(2)31-33(6,7)24(3,4)5/h12-15,17,19,21-22,27H,8-11H2,1-7H3,(H,25,28)/b26-20+/t17-,19+,21-,22-/m1/s1. The molecule has 1 saturated heterocycles. The van der Waals surface area contributed by atoms with Crippen molar-refractivity contribution < 1.29 is 17.6 Å². The molecule has 0 bridgehead atoms. The summed E-state index contributed by atoms with van der Waals surface area (Å²) in [6.07, 6.45) is 3.39. The summed E-state index contributed by atoms with van der Waals surface area (Å²) in [4.78, 5) is 15.2. The van der Waals surface area contributed by atoms with Crippen LogP contribution in [0.5, 0.6) is 0 Å². The largest absolute Gasteiger partial charge is 0.413 e. The van der Waals surface area contributed by atoms with E-state index in [1.807, 2.05) is 13.8 Å². The normalized spacial score (nSPS) is 26.5. The summed E-state index contributed by atoms with van der Waals surface area (Å²) in [5.74, 6) is -0.231. The number of hydrogen-bond donors (Lipinski definition) is 2. The lowest BCUT2D eigenvalue weighted by Crippen LogP contribution is -2.67. The van der Waals surface area contributed by atoms with Gasteiger partial charge in [-0.2, -0.15) is 13.5 Å². The van der Waals surface area contributed by atoms with E-state index in [1.54, 1.807) is 24.3 Å². The number of hydrogen-bond acceptors (Lipinski definition) is 5. The lowest BCUT2D eigenvalue weighted by atomic mass is 9.71. The van der Waals surface area contributed by atoms with Crippen molar-refractivity contribution in [2.24, 2.45) is 16.9 Å². The minimum Gasteiger partial charge on any atom is -0.413 e. The van der Waals surface area contributed by atoms with Gasteiger partial charge in [0.1, 0.15) is 0 Å². The molecule has 1 aromatic carbocycles. The highest BCUT2D eigenvalue weighted by Gasteiger charge is 2.51. The van der Waals surface area contributed by atoms with Gasteiger partial charge in [0.05, 0.1) is 23.0 Å². The van der Waals surface area contributed by atoms with Crippen LogP contribution < -0.4 is 10.1 Å². The molecule has 0 radical (unpaired) electrons. The first-order valence-corrected chi connectivity index (χ1v) is 16.3. The maximum absolute atomic E-state index is 12.7. The molecule has 1 amide bonds. The number of aryl methyl sites for hydroxylation is 1. The second-order valence-corrected chi connectivity index (χ2v) is 17.4. The van der Waals surface area contributed by atoms with E-state index in [1.165, 1.54) is 0 Å². The minimum atomic E-state index is -3.74. The van der Waals surface area contributed by atoms with E-state index in [9.17, 15) is 13.2 Å². The summed E-state index contributed by atoms with van der Waals surface area (Å²) in [5.41, 5.74) is 1.81. The lowest BCUT2D eigenvalue weighted by Gasteiger charge is -2.48. The van der Waals surface area contributed by atoms with Crippen LogP contribution in [0.2, 0.25) is 18.1 Å². The molecule has 1 aliphatic carbocycles. The zero-order valence-corrected chi connectivity index (χ0v) is 22.8. The number of carbonyl (C=O) groups excluding carboxylic acids is 1. The van der Waals surface area contributed by atoms with Crippen LogP contribution in [0.1, 0.15) is 58.9 Å². The van der Waals surface area contributed by atoms with Crippen molar-refractivity contribution in [3.05, 3.63) is 29.8 Å². The quantitative estimate of drug-likeness (QED) is 0.335. The average Bonchev–Trinajstić information content (AvgIpc) is 2.69. The summed E-state index contributed by atoms with van der Waals surface area (Å²) in [6.45, 7) is 14.9. The molecule has 184 valence electrons. The number of β-lactam (4-membered cyclic amide) rings is 1. The molecule has 33 heavy (non-hydrogen) atoms. The zero-order chi connectivity index (χ0) is 24.6. The fourth-order valence-electron chi connectivity index (χ4n) is 4.42. The number of nitrogens with one attached hydrogen (secondary N) is 2. The van der Waals surface area contributed by atoms with Crippen molar-refractivity contribution in [1.29, 1.82) is 0 Å². The van der Waals surface area contributed by atoms with Crippen molar-refractivity contribution in [2.45, 2.75) is 95.5 Å². The van der Waals surface area contributed by atoms with Crippen LogP contribution in [0.15, 0.2) is 34.3 Å². The van der Waals surface area contributed by atoms with Gasteiger partial charge in [-0.3, -0.25) is 4.79 Å². The van der Waals surface area contributed by atoms with Gasteiger partial charge in [0.2, 0.25) is 5.91 Å². The van der Waals surface area contributed by atoms with Gasteiger partial charge in [0, 0.05) is 11.6 Å². The second-order valence-electron chi connectivity index (χ2n) is 11.0. The van der Waals surface area contributed by atoms with E-state index in [2.05, 4.69) is 49.1 Å². The number of nitrogens with zero attached hydrogens (tertiary/aromatic N) is 1. The van der Waals surface area contributed by atoms with E-state index < -0.39 is 18.3 Å². The molecule has 2 fully saturated rings. The van der Waals surface area contributed by atoms with E-state index in [-0.39, 0.29) is 39.8 Å². The van der Waals surface area contributed by atoms with Crippen molar-refractivity contribution in [1.82, 2.24) is 10.1 Å². The lowest BCUT2D eigenvalue weighted by molar-refractivity contribution is -0.141. The Labute approximate surface area is 199 Å². The molecule has 0 aromatic heterocycles. The van der Waals surface area contributed by atoms with Crippen LogP contribution in [0, 0.1) is 18.8 Å². The van der Waals surface area contributed by atoms with E-state index >= 15 is 0 Å². The first-order chi connectivity index (χ1) is 15.2. The average molecular weight is 494 g/mol. The molecule has 3 rings (SSSR count). The van der Waals surface area contributed by atoms with Gasteiger partial charge in [-0.15, -0.1) is 0 Å². The highest BCUT2D eigenvalue weighted by molar-refractivity contribution is 7.89. The maximum atomic E-state index is 12.7. The summed E-state index contributed by atoms with van der Waals surface area (Å²) in [7, 11) is -5.76. The Morgan fingerprint density at radius 1 is 1.18 bits per heavy atom. The Bertz CT molecular complexity index is 1000. The van der Waals surface area contributed by atoms with Gasteiger partial charge >= 0.3 is 0 Å². The van der Waals surface area contributed by atoms with Crippen LogP contribution in [0.4, 0.5) is 0 Å². The number of benzene rings is 1. The Hall–Kier alpha value is -1.71. The fraction of sp³-hybridized carbons (Fsp3) is 0.667. The predicted molar refractivity (Wildman–Crippen MR) is 134 cm³/mol. The number of carbonyl (C=O) groups is 1. The van der Waals surface area contributed by atoms with Gasteiger partial charge in [-0.25, -0.2) is 4.83 Å². The first kappa shape index (κ1) is 25.9. The molecule has 2 aliphatic rings. The van der Waals surface area contributed by atoms with Crippen LogP contribution in [0.3, 0.4) is 0 Å². The van der Waals surface area contributed by atoms with Crippen LogP contribution in [-0.4, -0.2) is 40.5 Å². The van der Waals surface area contributed by atoms with Crippen LogP contribution in [0.25, 0.3) is 0 Å². The van der Waals surface area contributed by atoms with Crippen molar-refractivity contribution in [3.63, 3.8) is 0 Å². The van der Waals surface area contributed by atoms with Crippen LogP contribution >= 0.6 is 0 Å². The number of amides is 1. The molecule has 4 atom stereocenters. The highest BCUT2D eigenvalue weighted by Crippen LogP contribution is 2.40. The first-order valence-electron chi connectivity index (χ1n) is 11.9. The smallest absolute Gasteiger partial charge is 0.276 e. The van der Waals surface area contributed by atoms with Gasteiger partial charge in [-0.1, -0.05) is 44.9 Å². The molecule has 2 N–H and O–H groups in total. The van der Waals surface area contributed by atoms with Crippen LogP contribution in [-0.2, 0) is 19.2 Å². The van der Waals surface area contributed by atoms with Crippen molar-refractivity contribution >= 4 is 30.0 Å². The third-order valence-corrected chi connectivity index (χ3v) is 13.3.